The van der Waals surface area contributed by atoms with Crippen molar-refractivity contribution >= 4 is 44.6 Å². The van der Waals surface area contributed by atoms with Crippen LogP contribution in [-0.2, 0) is 0 Å². The van der Waals surface area contributed by atoms with Crippen molar-refractivity contribution in [1.29, 1.82) is 0 Å². The van der Waals surface area contributed by atoms with E-state index in [1.54, 1.807) is 19.1 Å². The first-order chi connectivity index (χ1) is 9.51. The second kappa shape index (κ2) is 6.33. The molecule has 3 N–H and O–H groups in total. The van der Waals surface area contributed by atoms with E-state index in [1.165, 1.54) is 12.1 Å². The maximum atomic E-state index is 13.6. The van der Waals surface area contributed by atoms with Gasteiger partial charge in [0, 0.05) is 21.6 Å². The number of benzene rings is 2. The number of halogens is 3. The van der Waals surface area contributed by atoms with Crippen LogP contribution in [0.15, 0.2) is 34.8 Å². The van der Waals surface area contributed by atoms with Crippen LogP contribution in [0.4, 0.5) is 21.5 Å². The van der Waals surface area contributed by atoms with Gasteiger partial charge in [0.15, 0.2) is 11.6 Å². The van der Waals surface area contributed by atoms with E-state index in [-0.39, 0.29) is 11.4 Å². The van der Waals surface area contributed by atoms with Crippen LogP contribution in [0.5, 0.6) is 5.75 Å². The predicted molar refractivity (Wildman–Crippen MR) is 84.4 cm³/mol. The first kappa shape index (κ1) is 14.9. The molecule has 0 fully saturated rings. The Morgan fingerprint density at radius 1 is 1.30 bits per heavy atom. The van der Waals surface area contributed by atoms with E-state index >= 15 is 0 Å². The molecule has 0 saturated heterocycles. The van der Waals surface area contributed by atoms with Gasteiger partial charge in [-0.25, -0.2) is 4.39 Å². The van der Waals surface area contributed by atoms with E-state index in [1.807, 2.05) is 6.07 Å². The Kier molecular flexibility index (Phi) is 4.73. The Balaban J connectivity index is 2.37. The molecule has 0 bridgehead atoms. The molecule has 0 aromatic heterocycles. The maximum absolute atomic E-state index is 13.6. The van der Waals surface area contributed by atoms with E-state index in [0.717, 1.165) is 10.2 Å². The molecular formula is C14H13BrClFN2O. The van der Waals surface area contributed by atoms with Crippen LogP contribution in [-0.4, -0.2) is 6.61 Å². The summed E-state index contributed by atoms with van der Waals surface area (Å²) in [6, 6.07) is 8.08. The third-order valence-electron chi connectivity index (χ3n) is 2.60. The highest BCUT2D eigenvalue weighted by Crippen LogP contribution is 2.34. The fourth-order valence-corrected chi connectivity index (χ4v) is 2.20. The van der Waals surface area contributed by atoms with E-state index in [9.17, 15) is 4.39 Å². The second-order valence-electron chi connectivity index (χ2n) is 4.05. The molecule has 3 nitrogen and oxygen atoms in total. The lowest BCUT2D eigenvalue weighted by atomic mass is 10.2. The maximum Gasteiger partial charge on any atom is 0.167 e. The topological polar surface area (TPSA) is 47.3 Å². The summed E-state index contributed by atoms with van der Waals surface area (Å²) in [5, 5.41) is 3.69. The van der Waals surface area contributed by atoms with Gasteiger partial charge in [-0.2, -0.15) is 0 Å². The molecule has 0 amide bonds. The smallest absolute Gasteiger partial charge is 0.167 e. The highest BCUT2D eigenvalue weighted by molar-refractivity contribution is 9.10. The summed E-state index contributed by atoms with van der Waals surface area (Å²) < 4.78 is 19.7. The van der Waals surface area contributed by atoms with Gasteiger partial charge in [-0.05, 0) is 41.1 Å². The summed E-state index contributed by atoms with van der Waals surface area (Å²) in [7, 11) is 0. The Labute approximate surface area is 130 Å². The zero-order chi connectivity index (χ0) is 14.7. The average Bonchev–Trinajstić information content (AvgIpc) is 2.39. The Morgan fingerprint density at radius 2 is 2.05 bits per heavy atom. The monoisotopic (exact) mass is 358 g/mol. The standard InChI is InChI=1S/C14H13BrClFN2O/c1-2-20-14-7-13(11(18)6-10(14)17)19-12-5-8(16)3-4-9(12)15/h3-7,19H,2,18H2,1H3. The number of rotatable bonds is 4. The lowest BCUT2D eigenvalue weighted by Crippen LogP contribution is -2.01. The van der Waals surface area contributed by atoms with Crippen LogP contribution in [0.1, 0.15) is 6.92 Å². The van der Waals surface area contributed by atoms with Gasteiger partial charge in [-0.1, -0.05) is 11.6 Å². The number of nitrogen functional groups attached to an aromatic ring is 1. The Hall–Kier alpha value is -1.46. The minimum atomic E-state index is -0.486. The summed E-state index contributed by atoms with van der Waals surface area (Å²) in [4.78, 5) is 0. The molecule has 0 saturated carbocycles. The molecule has 0 atom stereocenters. The van der Waals surface area contributed by atoms with Crippen molar-refractivity contribution in [1.82, 2.24) is 0 Å². The molecule has 0 aliphatic heterocycles. The quantitative estimate of drug-likeness (QED) is 0.758. The summed E-state index contributed by atoms with van der Waals surface area (Å²) in [5.41, 5.74) is 7.39. The van der Waals surface area contributed by atoms with Crippen molar-refractivity contribution in [2.75, 3.05) is 17.7 Å². The molecule has 0 spiro atoms. The molecule has 0 radical (unpaired) electrons. The van der Waals surface area contributed by atoms with Crippen molar-refractivity contribution in [2.24, 2.45) is 0 Å². The van der Waals surface area contributed by atoms with Crippen LogP contribution in [0.3, 0.4) is 0 Å². The van der Waals surface area contributed by atoms with Crippen LogP contribution in [0.25, 0.3) is 0 Å². The number of nitrogens with one attached hydrogen (secondary N) is 1. The largest absolute Gasteiger partial charge is 0.491 e. The summed E-state index contributed by atoms with van der Waals surface area (Å²) in [6.45, 7) is 2.16. The Bertz CT molecular complexity index is 637. The lowest BCUT2D eigenvalue weighted by molar-refractivity contribution is 0.322. The fourth-order valence-electron chi connectivity index (χ4n) is 1.68. The van der Waals surface area contributed by atoms with E-state index in [2.05, 4.69) is 21.2 Å². The molecule has 0 aliphatic rings. The van der Waals surface area contributed by atoms with Gasteiger partial charge in [0.1, 0.15) is 0 Å². The van der Waals surface area contributed by atoms with E-state index in [4.69, 9.17) is 22.1 Å². The highest BCUT2D eigenvalue weighted by Gasteiger charge is 2.10. The van der Waals surface area contributed by atoms with Gasteiger partial charge in [0.25, 0.3) is 0 Å². The van der Waals surface area contributed by atoms with Crippen LogP contribution in [0, 0.1) is 5.82 Å². The number of hydrogen-bond donors (Lipinski definition) is 2. The van der Waals surface area contributed by atoms with E-state index < -0.39 is 5.82 Å². The van der Waals surface area contributed by atoms with Gasteiger partial charge < -0.3 is 15.8 Å². The predicted octanol–water partition coefficient (Wildman–Crippen LogP) is 4.97. The minimum Gasteiger partial charge on any atom is -0.491 e. The third-order valence-corrected chi connectivity index (χ3v) is 3.53. The number of hydrogen-bond acceptors (Lipinski definition) is 3. The Morgan fingerprint density at radius 3 is 2.75 bits per heavy atom. The first-order valence-electron chi connectivity index (χ1n) is 5.95. The summed E-state index contributed by atoms with van der Waals surface area (Å²) in [6.07, 6.45) is 0. The minimum absolute atomic E-state index is 0.155. The zero-order valence-electron chi connectivity index (χ0n) is 10.7. The summed E-state index contributed by atoms with van der Waals surface area (Å²) >= 11 is 9.36. The number of nitrogens with two attached hydrogens (primary N) is 1. The fraction of sp³-hybridized carbons (Fsp3) is 0.143. The second-order valence-corrected chi connectivity index (χ2v) is 5.34. The van der Waals surface area contributed by atoms with Crippen molar-refractivity contribution in [3.05, 3.63) is 45.6 Å². The SMILES string of the molecule is CCOc1cc(Nc2cc(Cl)ccc2Br)c(N)cc1F. The van der Waals surface area contributed by atoms with Gasteiger partial charge >= 0.3 is 0 Å². The summed E-state index contributed by atoms with van der Waals surface area (Å²) in [5.74, 6) is -0.331. The van der Waals surface area contributed by atoms with Crippen LogP contribution in [0.2, 0.25) is 5.02 Å². The first-order valence-corrected chi connectivity index (χ1v) is 7.12. The van der Waals surface area contributed by atoms with Crippen molar-refractivity contribution in [2.45, 2.75) is 6.92 Å². The van der Waals surface area contributed by atoms with Gasteiger partial charge in [-0.15, -0.1) is 0 Å². The van der Waals surface area contributed by atoms with Crippen molar-refractivity contribution in [3.8, 4) is 5.75 Å². The molecule has 0 aliphatic carbocycles. The molecule has 6 heteroatoms. The molecule has 2 aromatic rings. The number of ether oxygens (including phenoxy) is 1. The van der Waals surface area contributed by atoms with Crippen molar-refractivity contribution in [3.63, 3.8) is 0 Å². The molecule has 2 rings (SSSR count). The number of anilines is 3. The molecular weight excluding hydrogens is 347 g/mol. The third kappa shape index (κ3) is 3.35. The van der Waals surface area contributed by atoms with Crippen LogP contribution >= 0.6 is 27.5 Å². The molecule has 0 unspecified atom stereocenters. The van der Waals surface area contributed by atoms with E-state index in [0.29, 0.717) is 17.3 Å². The van der Waals surface area contributed by atoms with Gasteiger partial charge in [-0.3, -0.25) is 0 Å². The zero-order valence-corrected chi connectivity index (χ0v) is 13.1. The molecule has 20 heavy (non-hydrogen) atoms. The van der Waals surface area contributed by atoms with Crippen LogP contribution < -0.4 is 15.8 Å². The lowest BCUT2D eigenvalue weighted by Gasteiger charge is -2.14. The van der Waals surface area contributed by atoms with Gasteiger partial charge in [0.05, 0.1) is 23.7 Å². The normalized spacial score (nSPS) is 10.4. The molecule has 2 aromatic carbocycles. The average molecular weight is 360 g/mol. The van der Waals surface area contributed by atoms with Crippen molar-refractivity contribution < 1.29 is 9.13 Å². The van der Waals surface area contributed by atoms with Gasteiger partial charge in [0.2, 0.25) is 0 Å². The molecule has 106 valence electrons. The highest BCUT2D eigenvalue weighted by atomic mass is 79.9. The molecule has 0 heterocycles.